The van der Waals surface area contributed by atoms with Crippen molar-refractivity contribution in [2.75, 3.05) is 34.4 Å². The van der Waals surface area contributed by atoms with Gasteiger partial charge in [-0.05, 0) is 58.5 Å². The molecule has 0 spiro atoms. The van der Waals surface area contributed by atoms with Gasteiger partial charge in [0.15, 0.2) is 11.5 Å². The Balaban J connectivity index is 1.50. The molecular formula is C49H54ClN5O10. The van der Waals surface area contributed by atoms with Gasteiger partial charge < -0.3 is 45.4 Å². The molecule has 1 fully saturated rings. The lowest BCUT2D eigenvalue weighted by Crippen LogP contribution is -2.59. The number of nitrogens with one attached hydrogen (secondary N) is 3. The Morgan fingerprint density at radius 3 is 2.15 bits per heavy atom. The lowest BCUT2D eigenvalue weighted by Gasteiger charge is -2.36. The summed E-state index contributed by atoms with van der Waals surface area (Å²) in [6.45, 7) is 1.34. The van der Waals surface area contributed by atoms with Crippen LogP contribution in [0.5, 0.6) is 17.2 Å². The number of piperazine rings is 1. The average Bonchev–Trinajstić information content (AvgIpc) is 3.31. The number of hydrogen-bond acceptors (Lipinski definition) is 10. The van der Waals surface area contributed by atoms with Crippen molar-refractivity contribution in [2.24, 2.45) is 0 Å². The molecule has 1 saturated heterocycles. The van der Waals surface area contributed by atoms with E-state index in [4.69, 9.17) is 21.1 Å². The van der Waals surface area contributed by atoms with Crippen LogP contribution in [0.4, 0.5) is 0 Å². The SMILES string of the molecule is CCC/C=C\c1ccccc1/C=C/C(=O)N[C@H](Cc1ccc(O)cc1)C(=O)N(C)C(Cc1ccc(OC)c(O)c1Cl)C(=O)N(C)[C@@H](Cc1ccccc1)C(=O)OC[C@H]1NC(=O)CNC1=O. The first-order valence-corrected chi connectivity index (χ1v) is 21.5. The molecule has 1 heterocycles. The van der Waals surface area contributed by atoms with Gasteiger partial charge in [-0.3, -0.25) is 24.0 Å². The summed E-state index contributed by atoms with van der Waals surface area (Å²) in [6, 6.07) is 20.3. The van der Waals surface area contributed by atoms with Crippen LogP contribution < -0.4 is 20.7 Å². The third-order valence-electron chi connectivity index (χ3n) is 10.9. The van der Waals surface area contributed by atoms with Gasteiger partial charge >= 0.3 is 5.97 Å². The molecule has 5 rings (SSSR count). The minimum atomic E-state index is -1.41. The average molecular weight is 908 g/mol. The number of likely N-dealkylation sites (N-methyl/N-ethyl adjacent to an activating group) is 2. The highest BCUT2D eigenvalue weighted by Gasteiger charge is 2.39. The maximum absolute atomic E-state index is 15.0. The van der Waals surface area contributed by atoms with Gasteiger partial charge in [-0.25, -0.2) is 4.79 Å². The van der Waals surface area contributed by atoms with Crippen LogP contribution in [0.2, 0.25) is 5.02 Å². The molecule has 5 amide bonds. The van der Waals surface area contributed by atoms with Crippen molar-refractivity contribution in [1.82, 2.24) is 25.8 Å². The fourth-order valence-corrected chi connectivity index (χ4v) is 7.37. The monoisotopic (exact) mass is 907 g/mol. The number of benzene rings is 4. The number of methoxy groups -OCH3 is 1. The zero-order valence-electron chi connectivity index (χ0n) is 36.7. The Hall–Kier alpha value is -7.13. The third-order valence-corrected chi connectivity index (χ3v) is 11.3. The smallest absolute Gasteiger partial charge is 0.329 e. The number of carbonyl (C=O) groups is 6. The topological polar surface area (TPSA) is 204 Å². The van der Waals surface area contributed by atoms with E-state index in [1.165, 1.54) is 51.5 Å². The summed E-state index contributed by atoms with van der Waals surface area (Å²) in [5.41, 5.74) is 3.17. The van der Waals surface area contributed by atoms with E-state index >= 15 is 4.79 Å². The Morgan fingerprint density at radius 1 is 0.831 bits per heavy atom. The Bertz CT molecular complexity index is 2390. The highest BCUT2D eigenvalue weighted by Crippen LogP contribution is 2.37. The van der Waals surface area contributed by atoms with Gasteiger partial charge in [-0.15, -0.1) is 0 Å². The quantitative estimate of drug-likeness (QED) is 0.0616. The number of ether oxygens (including phenoxy) is 2. The normalized spacial score (nSPS) is 15.1. The van der Waals surface area contributed by atoms with Gasteiger partial charge in [0.1, 0.15) is 36.5 Å². The zero-order valence-corrected chi connectivity index (χ0v) is 37.4. The Labute approximate surface area is 383 Å². The van der Waals surface area contributed by atoms with Crippen molar-refractivity contribution >= 4 is 59.3 Å². The summed E-state index contributed by atoms with van der Waals surface area (Å²) in [4.78, 5) is 84.4. The summed E-state index contributed by atoms with van der Waals surface area (Å²) < 4.78 is 10.8. The highest BCUT2D eigenvalue weighted by molar-refractivity contribution is 6.33. The molecule has 0 radical (unpaired) electrons. The number of aromatic hydroxyl groups is 2. The zero-order chi connectivity index (χ0) is 47.0. The number of phenolic OH excluding ortho intramolecular Hbond substituents is 2. The first-order valence-electron chi connectivity index (χ1n) is 21.1. The van der Waals surface area contributed by atoms with Gasteiger partial charge in [0.05, 0.1) is 18.7 Å². The molecule has 0 saturated carbocycles. The predicted molar refractivity (Wildman–Crippen MR) is 246 cm³/mol. The van der Waals surface area contributed by atoms with Gasteiger partial charge in [0, 0.05) is 39.4 Å². The predicted octanol–water partition coefficient (Wildman–Crippen LogP) is 4.61. The van der Waals surface area contributed by atoms with Crippen LogP contribution in [0.25, 0.3) is 12.2 Å². The van der Waals surface area contributed by atoms with Crippen LogP contribution in [0.15, 0.2) is 103 Å². The largest absolute Gasteiger partial charge is 0.508 e. The molecule has 1 aliphatic heterocycles. The molecule has 1 aliphatic rings. The maximum atomic E-state index is 15.0. The standard InChI is InChI=1S/C49H54ClN5O10/c1-5-6-8-15-33-16-11-12-17-34(33)21-25-42(57)52-37(26-32-18-22-36(56)23-19-32)47(61)54(2)39(28-35-20-24-41(64-4)45(59)44(35)50)48(62)55(3)40(27-31-13-9-7-10-14-31)49(63)65-30-38-46(60)51-29-43(58)53-38/h7-25,37-40,56,59H,5-6,26-30H2,1-4H3,(H,51,60)(H,52,57)(H,53,58)/b15-8-,25-21+/t37-,38-,39?,40+/m1/s1. The Morgan fingerprint density at radius 2 is 1.48 bits per heavy atom. The van der Waals surface area contributed by atoms with Crippen LogP contribution in [0.1, 0.15) is 47.6 Å². The summed E-state index contributed by atoms with van der Waals surface area (Å²) >= 11 is 6.65. The van der Waals surface area contributed by atoms with E-state index in [1.54, 1.807) is 48.5 Å². The van der Waals surface area contributed by atoms with Crippen molar-refractivity contribution in [3.63, 3.8) is 0 Å². The molecule has 5 N–H and O–H groups in total. The third kappa shape index (κ3) is 13.4. The second-order valence-electron chi connectivity index (χ2n) is 15.5. The second kappa shape index (κ2) is 23.5. The number of carbonyl (C=O) groups excluding carboxylic acids is 6. The van der Waals surface area contributed by atoms with Gasteiger partial charge in [0.2, 0.25) is 29.5 Å². The molecule has 65 heavy (non-hydrogen) atoms. The number of nitrogens with zero attached hydrogens (tertiary/aromatic N) is 2. The van der Waals surface area contributed by atoms with E-state index in [9.17, 15) is 34.2 Å². The van der Waals surface area contributed by atoms with Gasteiger partial charge in [0.25, 0.3) is 0 Å². The van der Waals surface area contributed by atoms with Crippen molar-refractivity contribution < 1.29 is 48.5 Å². The van der Waals surface area contributed by atoms with Crippen molar-refractivity contribution in [2.45, 2.75) is 63.2 Å². The molecule has 15 nitrogen and oxygen atoms in total. The van der Waals surface area contributed by atoms with Crippen molar-refractivity contribution in [3.8, 4) is 17.2 Å². The molecule has 0 aromatic heterocycles. The van der Waals surface area contributed by atoms with Crippen LogP contribution in [0.3, 0.4) is 0 Å². The number of esters is 1. The summed E-state index contributed by atoms with van der Waals surface area (Å²) in [7, 11) is 4.11. The number of halogens is 1. The number of amides is 5. The number of allylic oxidation sites excluding steroid dienone is 1. The number of unbranched alkanes of at least 4 members (excludes halogenated alkanes) is 1. The molecule has 4 aromatic carbocycles. The van der Waals surface area contributed by atoms with E-state index in [1.807, 2.05) is 30.3 Å². The van der Waals surface area contributed by atoms with E-state index in [-0.39, 0.29) is 47.9 Å². The van der Waals surface area contributed by atoms with E-state index in [2.05, 4.69) is 29.0 Å². The molecule has 4 atom stereocenters. The molecule has 0 bridgehead atoms. The molecular weight excluding hydrogens is 854 g/mol. The van der Waals surface area contributed by atoms with E-state index in [0.29, 0.717) is 11.1 Å². The number of phenols is 2. The molecule has 0 aliphatic carbocycles. The number of rotatable bonds is 20. The second-order valence-corrected chi connectivity index (χ2v) is 15.8. The minimum absolute atomic E-state index is 0.00368. The van der Waals surface area contributed by atoms with Crippen LogP contribution >= 0.6 is 11.6 Å². The summed E-state index contributed by atoms with van der Waals surface area (Å²) in [6.07, 6.45) is 8.50. The fraction of sp³-hybridized carbons (Fsp3) is 0.306. The molecule has 4 aromatic rings. The van der Waals surface area contributed by atoms with Crippen LogP contribution in [-0.2, 0) is 52.8 Å². The minimum Gasteiger partial charge on any atom is -0.508 e. The number of hydrogen-bond donors (Lipinski definition) is 5. The molecule has 1 unspecified atom stereocenters. The molecule has 16 heteroatoms. The summed E-state index contributed by atoms with van der Waals surface area (Å²) in [5.74, 6) is -4.26. The maximum Gasteiger partial charge on any atom is 0.329 e. The van der Waals surface area contributed by atoms with Crippen molar-refractivity contribution in [3.05, 3.63) is 136 Å². The van der Waals surface area contributed by atoms with Gasteiger partial charge in [-0.1, -0.05) is 110 Å². The van der Waals surface area contributed by atoms with E-state index in [0.717, 1.165) is 33.8 Å². The molecule has 342 valence electrons. The lowest BCUT2D eigenvalue weighted by atomic mass is 9.98. The van der Waals surface area contributed by atoms with Crippen molar-refractivity contribution in [1.29, 1.82) is 0 Å². The van der Waals surface area contributed by atoms with Crippen LogP contribution in [-0.4, -0.2) is 114 Å². The highest BCUT2D eigenvalue weighted by atomic mass is 35.5. The first kappa shape index (κ1) is 48.9. The summed E-state index contributed by atoms with van der Waals surface area (Å²) in [5, 5.41) is 28.4. The lowest BCUT2D eigenvalue weighted by molar-refractivity contribution is -0.158. The van der Waals surface area contributed by atoms with E-state index < -0.39 is 72.0 Å². The van der Waals surface area contributed by atoms with Crippen LogP contribution in [0, 0.1) is 0 Å². The Kier molecular flexibility index (Phi) is 17.7. The first-order chi connectivity index (χ1) is 31.2. The van der Waals surface area contributed by atoms with Gasteiger partial charge in [-0.2, -0.15) is 0 Å². The fourth-order valence-electron chi connectivity index (χ4n) is 7.14.